The van der Waals surface area contributed by atoms with Gasteiger partial charge in [-0.15, -0.1) is 0 Å². The van der Waals surface area contributed by atoms with Gasteiger partial charge in [-0.1, -0.05) is 19.3 Å². The van der Waals surface area contributed by atoms with Gasteiger partial charge in [0.2, 0.25) is 0 Å². The first-order chi connectivity index (χ1) is 9.79. The molecule has 4 heteroatoms. The molecule has 0 aromatic carbocycles. The summed E-state index contributed by atoms with van der Waals surface area (Å²) in [7, 11) is 4.31. The molecule has 2 rings (SSSR count). The maximum absolute atomic E-state index is 4.66. The van der Waals surface area contributed by atoms with Gasteiger partial charge in [-0.3, -0.25) is 4.68 Å². The third kappa shape index (κ3) is 4.00. The van der Waals surface area contributed by atoms with Gasteiger partial charge in [0, 0.05) is 37.8 Å². The molecule has 1 aromatic rings. The van der Waals surface area contributed by atoms with Crippen molar-refractivity contribution in [1.82, 2.24) is 15.1 Å². The second-order valence-electron chi connectivity index (χ2n) is 7.52. The number of nitrogens with zero attached hydrogens (tertiary/aromatic N) is 3. The van der Waals surface area contributed by atoms with Crippen LogP contribution in [0.1, 0.15) is 64.1 Å². The first-order valence-corrected chi connectivity index (χ1v) is 8.30. The van der Waals surface area contributed by atoms with E-state index in [1.54, 1.807) is 0 Å². The fourth-order valence-corrected chi connectivity index (χ4v) is 3.33. The summed E-state index contributed by atoms with van der Waals surface area (Å²) in [6, 6.07) is 0.668. The Morgan fingerprint density at radius 2 is 1.86 bits per heavy atom. The van der Waals surface area contributed by atoms with Crippen LogP contribution in [-0.4, -0.2) is 28.4 Å². The van der Waals surface area contributed by atoms with Crippen LogP contribution < -0.4 is 10.2 Å². The van der Waals surface area contributed by atoms with Crippen molar-refractivity contribution in [3.8, 4) is 0 Å². The first kappa shape index (κ1) is 16.3. The van der Waals surface area contributed by atoms with Gasteiger partial charge in [0.15, 0.2) is 0 Å². The Morgan fingerprint density at radius 1 is 1.24 bits per heavy atom. The second kappa shape index (κ2) is 6.39. The molecule has 1 N–H and O–H groups in total. The lowest BCUT2D eigenvalue weighted by Crippen LogP contribution is -2.38. The van der Waals surface area contributed by atoms with Crippen molar-refractivity contribution in [2.45, 2.75) is 77.9 Å². The molecule has 0 bridgehead atoms. The van der Waals surface area contributed by atoms with Crippen molar-refractivity contribution in [3.05, 3.63) is 11.3 Å². The molecule has 1 aliphatic carbocycles. The molecule has 1 aliphatic rings. The highest BCUT2D eigenvalue weighted by atomic mass is 15.4. The number of rotatable bonds is 4. The minimum atomic E-state index is 0.128. The molecule has 0 spiro atoms. The van der Waals surface area contributed by atoms with Crippen molar-refractivity contribution in [2.24, 2.45) is 7.05 Å². The number of aromatic nitrogens is 2. The summed E-state index contributed by atoms with van der Waals surface area (Å²) in [4.78, 5) is 2.47. The molecule has 0 atom stereocenters. The summed E-state index contributed by atoms with van der Waals surface area (Å²) in [5.74, 6) is 1.29. The minimum Gasteiger partial charge on any atom is -0.357 e. The van der Waals surface area contributed by atoms with E-state index in [9.17, 15) is 0 Å². The normalized spacial score (nSPS) is 17.2. The van der Waals surface area contributed by atoms with Crippen LogP contribution in [-0.2, 0) is 13.6 Å². The van der Waals surface area contributed by atoms with E-state index in [4.69, 9.17) is 0 Å². The number of hydrogen-bond acceptors (Lipinski definition) is 3. The predicted octanol–water partition coefficient (Wildman–Crippen LogP) is 3.39. The van der Waals surface area contributed by atoms with E-state index in [2.05, 4.69) is 61.8 Å². The topological polar surface area (TPSA) is 33.1 Å². The highest BCUT2D eigenvalue weighted by Crippen LogP contribution is 2.29. The quantitative estimate of drug-likeness (QED) is 0.923. The maximum atomic E-state index is 4.66. The Hall–Kier alpha value is -1.03. The van der Waals surface area contributed by atoms with Crippen LogP contribution in [0.25, 0.3) is 0 Å². The first-order valence-electron chi connectivity index (χ1n) is 8.30. The molecule has 21 heavy (non-hydrogen) atoms. The molecular formula is C17H32N4. The zero-order valence-electron chi connectivity index (χ0n) is 14.7. The number of nitrogens with one attached hydrogen (secondary N) is 1. The van der Waals surface area contributed by atoms with E-state index < -0.39 is 0 Å². The van der Waals surface area contributed by atoms with E-state index in [-0.39, 0.29) is 5.54 Å². The molecule has 0 aliphatic heterocycles. The van der Waals surface area contributed by atoms with Crippen molar-refractivity contribution in [1.29, 1.82) is 0 Å². The Kier molecular flexibility index (Phi) is 4.97. The van der Waals surface area contributed by atoms with Gasteiger partial charge in [-0.05, 0) is 40.5 Å². The molecule has 1 saturated carbocycles. The molecule has 1 heterocycles. The molecule has 0 radical (unpaired) electrons. The fourth-order valence-electron chi connectivity index (χ4n) is 3.33. The van der Waals surface area contributed by atoms with Crippen LogP contribution >= 0.6 is 0 Å². The van der Waals surface area contributed by atoms with Gasteiger partial charge in [0.1, 0.15) is 5.82 Å². The molecule has 1 fully saturated rings. The fraction of sp³-hybridized carbons (Fsp3) is 0.824. The Bertz CT molecular complexity index is 464. The Labute approximate surface area is 129 Å². The third-order valence-corrected chi connectivity index (χ3v) is 4.57. The van der Waals surface area contributed by atoms with E-state index in [0.717, 1.165) is 12.2 Å². The average molecular weight is 292 g/mol. The maximum Gasteiger partial charge on any atom is 0.131 e. The highest BCUT2D eigenvalue weighted by Gasteiger charge is 2.24. The smallest absolute Gasteiger partial charge is 0.131 e. The SMILES string of the molecule is Cc1nn(C)c(N(C)C2CCCCC2)c1CNC(C)(C)C. The summed E-state index contributed by atoms with van der Waals surface area (Å²) in [6.45, 7) is 9.64. The predicted molar refractivity (Wildman–Crippen MR) is 89.8 cm³/mol. The zero-order valence-corrected chi connectivity index (χ0v) is 14.7. The second-order valence-corrected chi connectivity index (χ2v) is 7.52. The molecule has 1 aromatic heterocycles. The van der Waals surface area contributed by atoms with Crippen LogP contribution in [0.2, 0.25) is 0 Å². The number of hydrogen-bond donors (Lipinski definition) is 1. The molecular weight excluding hydrogens is 260 g/mol. The lowest BCUT2D eigenvalue weighted by Gasteiger charge is -2.33. The standard InChI is InChI=1S/C17H32N4/c1-13-15(12-18-17(2,3)4)16(21(6)19-13)20(5)14-10-8-7-9-11-14/h14,18H,7-12H2,1-6H3. The van der Waals surface area contributed by atoms with Gasteiger partial charge < -0.3 is 10.2 Å². The largest absolute Gasteiger partial charge is 0.357 e. The van der Waals surface area contributed by atoms with Crippen LogP contribution in [0.15, 0.2) is 0 Å². The molecule has 120 valence electrons. The zero-order chi connectivity index (χ0) is 15.6. The molecule has 4 nitrogen and oxygen atoms in total. The van der Waals surface area contributed by atoms with Crippen molar-refractivity contribution in [2.75, 3.05) is 11.9 Å². The molecule has 0 amide bonds. The third-order valence-electron chi connectivity index (χ3n) is 4.57. The lowest BCUT2D eigenvalue weighted by atomic mass is 9.94. The van der Waals surface area contributed by atoms with Gasteiger partial charge in [-0.25, -0.2) is 0 Å². The monoisotopic (exact) mass is 292 g/mol. The van der Waals surface area contributed by atoms with Crippen molar-refractivity contribution < 1.29 is 0 Å². The Morgan fingerprint density at radius 3 is 2.43 bits per heavy atom. The van der Waals surface area contributed by atoms with E-state index in [1.807, 2.05) is 0 Å². The number of anilines is 1. The highest BCUT2D eigenvalue weighted by molar-refractivity contribution is 5.50. The Balaban J connectivity index is 2.21. The van der Waals surface area contributed by atoms with Gasteiger partial charge in [-0.2, -0.15) is 5.10 Å². The summed E-state index contributed by atoms with van der Waals surface area (Å²) >= 11 is 0. The lowest BCUT2D eigenvalue weighted by molar-refractivity contribution is 0.415. The number of aryl methyl sites for hydroxylation is 2. The molecule has 0 unspecified atom stereocenters. The van der Waals surface area contributed by atoms with Crippen molar-refractivity contribution >= 4 is 5.82 Å². The summed E-state index contributed by atoms with van der Waals surface area (Å²) in [5, 5.41) is 8.27. The summed E-state index contributed by atoms with van der Waals surface area (Å²) in [5.41, 5.74) is 2.62. The van der Waals surface area contributed by atoms with Crippen LogP contribution in [0.5, 0.6) is 0 Å². The summed E-state index contributed by atoms with van der Waals surface area (Å²) in [6.07, 6.45) is 6.75. The average Bonchev–Trinajstić information content (AvgIpc) is 2.70. The van der Waals surface area contributed by atoms with E-state index in [1.165, 1.54) is 43.5 Å². The van der Waals surface area contributed by atoms with Crippen LogP contribution in [0, 0.1) is 6.92 Å². The van der Waals surface area contributed by atoms with Crippen LogP contribution in [0.4, 0.5) is 5.82 Å². The summed E-state index contributed by atoms with van der Waals surface area (Å²) < 4.78 is 2.06. The van der Waals surface area contributed by atoms with E-state index in [0.29, 0.717) is 6.04 Å². The van der Waals surface area contributed by atoms with Crippen molar-refractivity contribution in [3.63, 3.8) is 0 Å². The van der Waals surface area contributed by atoms with Gasteiger partial charge in [0.25, 0.3) is 0 Å². The molecule has 0 saturated heterocycles. The van der Waals surface area contributed by atoms with Gasteiger partial charge >= 0.3 is 0 Å². The van der Waals surface area contributed by atoms with Gasteiger partial charge in [0.05, 0.1) is 5.69 Å². The van der Waals surface area contributed by atoms with E-state index >= 15 is 0 Å². The van der Waals surface area contributed by atoms with Crippen LogP contribution in [0.3, 0.4) is 0 Å². The minimum absolute atomic E-state index is 0.128.